The number of halogens is 2. The molecule has 19 heavy (non-hydrogen) atoms. The molecule has 0 N–H and O–H groups in total. The fraction of sp³-hybridized carbons (Fsp3) is 0.500. The fourth-order valence-electron chi connectivity index (χ4n) is 2.00. The normalized spacial score (nSPS) is 20.1. The summed E-state index contributed by atoms with van der Waals surface area (Å²) >= 11 is 12.0. The van der Waals surface area contributed by atoms with Gasteiger partial charge < -0.3 is 4.74 Å². The zero-order valence-electron chi connectivity index (χ0n) is 10.5. The Bertz CT molecular complexity index is 556. The molecule has 4 nitrogen and oxygen atoms in total. The van der Waals surface area contributed by atoms with Crippen LogP contribution in [0.3, 0.4) is 0 Å². The average Bonchev–Trinajstić information content (AvgIpc) is 2.89. The molecular formula is C12H15Cl2NO3S. The van der Waals surface area contributed by atoms with Gasteiger partial charge in [-0.25, -0.2) is 12.7 Å². The molecule has 7 heteroatoms. The highest BCUT2D eigenvalue weighted by Gasteiger charge is 2.33. The van der Waals surface area contributed by atoms with Gasteiger partial charge in [0.25, 0.3) is 0 Å². The number of hydrogen-bond donors (Lipinski definition) is 0. The highest BCUT2D eigenvalue weighted by Crippen LogP contribution is 2.27. The van der Waals surface area contributed by atoms with Crippen molar-refractivity contribution in [3.05, 3.63) is 33.8 Å². The summed E-state index contributed by atoms with van der Waals surface area (Å²) in [5.41, 5.74) is 0.694. The molecule has 0 saturated carbocycles. The zero-order valence-corrected chi connectivity index (χ0v) is 12.8. The summed E-state index contributed by atoms with van der Waals surface area (Å²) in [6.45, 7) is 0.962. The van der Waals surface area contributed by atoms with Crippen LogP contribution in [0, 0.1) is 0 Å². The average molecular weight is 324 g/mol. The second-order valence-corrected chi connectivity index (χ2v) is 7.60. The van der Waals surface area contributed by atoms with Crippen LogP contribution >= 0.6 is 23.2 Å². The molecular weight excluding hydrogens is 309 g/mol. The van der Waals surface area contributed by atoms with Gasteiger partial charge >= 0.3 is 0 Å². The van der Waals surface area contributed by atoms with Crippen molar-refractivity contribution >= 4 is 33.2 Å². The van der Waals surface area contributed by atoms with E-state index in [1.165, 1.54) is 4.31 Å². The topological polar surface area (TPSA) is 46.6 Å². The van der Waals surface area contributed by atoms with Gasteiger partial charge in [0, 0.05) is 20.2 Å². The highest BCUT2D eigenvalue weighted by atomic mass is 35.5. The van der Waals surface area contributed by atoms with E-state index < -0.39 is 15.3 Å². The van der Waals surface area contributed by atoms with Crippen LogP contribution in [-0.4, -0.2) is 38.2 Å². The van der Waals surface area contributed by atoms with Gasteiger partial charge in [0.2, 0.25) is 10.0 Å². The monoisotopic (exact) mass is 323 g/mol. The smallest absolute Gasteiger partial charge is 0.219 e. The molecule has 0 unspecified atom stereocenters. The van der Waals surface area contributed by atoms with Crippen molar-refractivity contribution in [2.75, 3.05) is 20.3 Å². The number of rotatable bonds is 4. The molecule has 2 rings (SSSR count). The first kappa shape index (κ1) is 15.1. The van der Waals surface area contributed by atoms with Gasteiger partial charge in [-0.3, -0.25) is 0 Å². The van der Waals surface area contributed by atoms with Crippen LogP contribution in [0.1, 0.15) is 12.0 Å². The van der Waals surface area contributed by atoms with Gasteiger partial charge in [-0.2, -0.15) is 0 Å². The van der Waals surface area contributed by atoms with Gasteiger partial charge in [-0.1, -0.05) is 35.3 Å². The summed E-state index contributed by atoms with van der Waals surface area (Å²) in [5.74, 6) is 0. The van der Waals surface area contributed by atoms with Crippen LogP contribution in [0.4, 0.5) is 0 Å². The van der Waals surface area contributed by atoms with Crippen molar-refractivity contribution in [2.24, 2.45) is 0 Å². The SMILES string of the molecule is CN(Cc1cccc(Cl)c1Cl)S(=O)(=O)[C@@H]1CCOC1. The third-order valence-corrected chi connectivity index (χ3v) is 6.24. The van der Waals surface area contributed by atoms with Crippen molar-refractivity contribution in [2.45, 2.75) is 18.2 Å². The molecule has 0 aliphatic carbocycles. The van der Waals surface area contributed by atoms with E-state index in [0.717, 1.165) is 0 Å². The van der Waals surface area contributed by atoms with Crippen LogP contribution in [-0.2, 0) is 21.3 Å². The van der Waals surface area contributed by atoms with Gasteiger partial charge in [0.05, 0.1) is 16.7 Å². The van der Waals surface area contributed by atoms with E-state index in [2.05, 4.69) is 0 Å². The summed E-state index contributed by atoms with van der Waals surface area (Å²) in [6.07, 6.45) is 0.538. The Morgan fingerprint density at radius 2 is 2.16 bits per heavy atom. The van der Waals surface area contributed by atoms with Crippen LogP contribution in [0.5, 0.6) is 0 Å². The molecule has 1 saturated heterocycles. The van der Waals surface area contributed by atoms with Crippen LogP contribution in [0.2, 0.25) is 10.0 Å². The minimum atomic E-state index is -3.36. The Labute approximate surface area is 123 Å². The molecule has 1 fully saturated rings. The van der Waals surface area contributed by atoms with Gasteiger partial charge in [-0.05, 0) is 18.1 Å². The Hall–Kier alpha value is -0.330. The van der Waals surface area contributed by atoms with Gasteiger partial charge in [0.15, 0.2) is 0 Å². The number of ether oxygens (including phenoxy) is 1. The van der Waals surface area contributed by atoms with Crippen LogP contribution < -0.4 is 0 Å². The van der Waals surface area contributed by atoms with Gasteiger partial charge in [-0.15, -0.1) is 0 Å². The van der Waals surface area contributed by atoms with Crippen molar-refractivity contribution in [1.82, 2.24) is 4.31 Å². The van der Waals surface area contributed by atoms with Crippen molar-refractivity contribution in [1.29, 1.82) is 0 Å². The standard InChI is InChI=1S/C12H15Cl2NO3S/c1-15(19(16,17)10-5-6-18-8-10)7-9-3-2-4-11(13)12(9)14/h2-4,10H,5-8H2,1H3/t10-/m1/s1. The molecule has 0 aromatic heterocycles. The minimum Gasteiger partial charge on any atom is -0.380 e. The summed E-state index contributed by atoms with van der Waals surface area (Å²) in [5, 5.41) is 0.360. The first-order valence-corrected chi connectivity index (χ1v) is 8.14. The fourth-order valence-corrected chi connectivity index (χ4v) is 3.87. The van der Waals surface area contributed by atoms with Crippen LogP contribution in [0.15, 0.2) is 18.2 Å². The lowest BCUT2D eigenvalue weighted by molar-refractivity contribution is 0.198. The number of sulfonamides is 1. The summed E-state index contributed by atoms with van der Waals surface area (Å²) < 4.78 is 31.0. The third kappa shape index (κ3) is 3.23. The summed E-state index contributed by atoms with van der Waals surface area (Å²) in [4.78, 5) is 0. The van der Waals surface area contributed by atoms with E-state index in [1.807, 2.05) is 0 Å². The Morgan fingerprint density at radius 3 is 2.79 bits per heavy atom. The number of nitrogens with zero attached hydrogens (tertiary/aromatic N) is 1. The van der Waals surface area contributed by atoms with E-state index in [-0.39, 0.29) is 13.2 Å². The van der Waals surface area contributed by atoms with E-state index in [1.54, 1.807) is 25.2 Å². The van der Waals surface area contributed by atoms with E-state index in [9.17, 15) is 8.42 Å². The lowest BCUT2D eigenvalue weighted by Gasteiger charge is -2.21. The summed E-state index contributed by atoms with van der Waals surface area (Å²) in [7, 11) is -1.81. The minimum absolute atomic E-state index is 0.207. The maximum Gasteiger partial charge on any atom is 0.219 e. The molecule has 0 amide bonds. The molecule has 1 aromatic carbocycles. The predicted molar refractivity (Wildman–Crippen MR) is 76.1 cm³/mol. The molecule has 0 radical (unpaired) electrons. The highest BCUT2D eigenvalue weighted by molar-refractivity contribution is 7.89. The second kappa shape index (κ2) is 5.97. The lowest BCUT2D eigenvalue weighted by Crippen LogP contribution is -2.36. The maximum atomic E-state index is 12.3. The molecule has 1 aromatic rings. The number of hydrogen-bond acceptors (Lipinski definition) is 3. The molecule has 0 spiro atoms. The molecule has 1 atom stereocenters. The van der Waals surface area contributed by atoms with E-state index >= 15 is 0 Å². The molecule has 0 bridgehead atoms. The Kier molecular flexibility index (Phi) is 4.74. The molecule has 106 valence electrons. The zero-order chi connectivity index (χ0) is 14.0. The van der Waals surface area contributed by atoms with Gasteiger partial charge in [0.1, 0.15) is 5.25 Å². The van der Waals surface area contributed by atoms with Crippen molar-refractivity contribution in [3.8, 4) is 0 Å². The third-order valence-electron chi connectivity index (χ3n) is 3.17. The largest absolute Gasteiger partial charge is 0.380 e. The summed E-state index contributed by atoms with van der Waals surface area (Å²) in [6, 6.07) is 5.20. The van der Waals surface area contributed by atoms with Crippen LogP contribution in [0.25, 0.3) is 0 Å². The Morgan fingerprint density at radius 1 is 1.42 bits per heavy atom. The Balaban J connectivity index is 2.16. The first-order chi connectivity index (χ1) is 8.93. The number of benzene rings is 1. The maximum absolute atomic E-state index is 12.3. The van der Waals surface area contributed by atoms with Crippen molar-refractivity contribution in [3.63, 3.8) is 0 Å². The predicted octanol–water partition coefficient (Wildman–Crippen LogP) is 2.54. The quantitative estimate of drug-likeness (QED) is 0.855. The molecule has 1 aliphatic rings. The molecule has 1 aliphatic heterocycles. The second-order valence-electron chi connectivity index (χ2n) is 4.50. The lowest BCUT2D eigenvalue weighted by atomic mass is 10.2. The van der Waals surface area contributed by atoms with Crippen molar-refractivity contribution < 1.29 is 13.2 Å². The first-order valence-electron chi connectivity index (χ1n) is 5.88. The van der Waals surface area contributed by atoms with E-state index in [4.69, 9.17) is 27.9 Å². The molecule has 1 heterocycles. The van der Waals surface area contributed by atoms with E-state index in [0.29, 0.717) is 28.6 Å².